The van der Waals surface area contributed by atoms with E-state index in [4.69, 9.17) is 23.3 Å². The van der Waals surface area contributed by atoms with E-state index < -0.39 is 22.8 Å². The third-order valence-corrected chi connectivity index (χ3v) is 6.82. The maximum Gasteiger partial charge on any atom is 0.347 e. The number of hydrogen-bond acceptors (Lipinski definition) is 7. The van der Waals surface area contributed by atoms with Crippen molar-refractivity contribution >= 4 is 18.9 Å². The number of carbonyl (C=O) groups is 1. The van der Waals surface area contributed by atoms with Crippen molar-refractivity contribution in [2.24, 2.45) is 0 Å². The first-order valence-electron chi connectivity index (χ1n) is 12.5. The number of hydrogen-bond donors (Lipinski definition) is 1. The van der Waals surface area contributed by atoms with E-state index in [0.717, 1.165) is 22.5 Å². The monoisotopic (exact) mass is 522 g/mol. The molecule has 38 heavy (non-hydrogen) atoms. The Kier molecular flexibility index (Phi) is 8.95. The fourth-order valence-electron chi connectivity index (χ4n) is 3.30. The predicted octanol–water partition coefficient (Wildman–Crippen LogP) is 4.98. The van der Waals surface area contributed by atoms with Crippen molar-refractivity contribution < 1.29 is 33.2 Å². The number of ether oxygens (including phenoxy) is 3. The highest BCUT2D eigenvalue weighted by Crippen LogP contribution is 2.28. The molecule has 2 aromatic carbocycles. The second kappa shape index (κ2) is 11.6. The average molecular weight is 522 g/mol. The van der Waals surface area contributed by atoms with Crippen LogP contribution in [0.5, 0.6) is 11.5 Å². The van der Waals surface area contributed by atoms with Gasteiger partial charge in [-0.05, 0) is 72.7 Å². The van der Waals surface area contributed by atoms with Crippen LogP contribution in [0.4, 0.5) is 0 Å². The van der Waals surface area contributed by atoms with Gasteiger partial charge in [0.2, 0.25) is 5.89 Å². The van der Waals surface area contributed by atoms with Crippen LogP contribution in [0.2, 0.25) is 0 Å². The number of carboxylic acid groups (broad SMARTS) is 1. The summed E-state index contributed by atoms with van der Waals surface area (Å²) in [5.74, 6) is 1.37. The topological polar surface area (TPSA) is 100 Å². The Balaban J connectivity index is 1.54. The SMILES string of the molecule is COC(C)(C)C(C)(C)O[B]c1ccc(-c2nc(CCOc3ccc(OC(C)(C)C(=O)O)cc3)c(C)o2)cc1. The van der Waals surface area contributed by atoms with Gasteiger partial charge in [0, 0.05) is 19.1 Å². The van der Waals surface area contributed by atoms with Crippen LogP contribution in [0.3, 0.4) is 0 Å². The maximum absolute atomic E-state index is 11.2. The third kappa shape index (κ3) is 7.17. The standard InChI is InChI=1S/C29H37BNO7/c1-19-24(17-18-35-22-13-15-23(16-14-22)37-27(2,3)26(32)33)31-25(36-19)20-9-11-21(12-10-20)30-38-29(6,7)28(4,5)34-8/h9-16H,17-18H2,1-8H3,(H,32,33). The molecule has 0 saturated heterocycles. The van der Waals surface area contributed by atoms with Gasteiger partial charge in [-0.2, -0.15) is 0 Å². The van der Waals surface area contributed by atoms with Crippen molar-refractivity contribution in [3.63, 3.8) is 0 Å². The summed E-state index contributed by atoms with van der Waals surface area (Å²) >= 11 is 0. The predicted molar refractivity (Wildman–Crippen MR) is 146 cm³/mol. The van der Waals surface area contributed by atoms with E-state index in [-0.39, 0.29) is 0 Å². The van der Waals surface area contributed by atoms with Crippen LogP contribution in [0.25, 0.3) is 11.5 Å². The van der Waals surface area contributed by atoms with E-state index in [0.29, 0.717) is 30.4 Å². The zero-order valence-corrected chi connectivity index (χ0v) is 23.5. The van der Waals surface area contributed by atoms with Crippen LogP contribution < -0.4 is 14.9 Å². The first-order chi connectivity index (χ1) is 17.7. The minimum Gasteiger partial charge on any atom is -0.493 e. The highest BCUT2D eigenvalue weighted by Gasteiger charge is 2.37. The van der Waals surface area contributed by atoms with E-state index in [1.807, 2.05) is 58.9 Å². The Morgan fingerprint density at radius 2 is 1.55 bits per heavy atom. The van der Waals surface area contributed by atoms with E-state index >= 15 is 0 Å². The van der Waals surface area contributed by atoms with Crippen LogP contribution in [0.1, 0.15) is 53.0 Å². The lowest BCUT2D eigenvalue weighted by Gasteiger charge is -2.40. The second-order valence-electron chi connectivity index (χ2n) is 10.6. The lowest BCUT2D eigenvalue weighted by molar-refractivity contribution is -0.152. The number of methoxy groups -OCH3 is 1. The molecule has 3 aromatic rings. The molecule has 203 valence electrons. The summed E-state index contributed by atoms with van der Waals surface area (Å²) in [5.41, 5.74) is 0.350. The molecule has 0 amide bonds. The summed E-state index contributed by atoms with van der Waals surface area (Å²) in [4.78, 5) is 15.9. The van der Waals surface area contributed by atoms with Crippen molar-refractivity contribution in [3.8, 4) is 23.0 Å². The molecule has 0 unspecified atom stereocenters. The molecule has 1 aromatic heterocycles. The van der Waals surface area contributed by atoms with Gasteiger partial charge in [-0.3, -0.25) is 0 Å². The maximum atomic E-state index is 11.2. The van der Waals surface area contributed by atoms with E-state index in [9.17, 15) is 9.90 Å². The second-order valence-corrected chi connectivity index (χ2v) is 10.6. The molecular formula is C29H37BNO7. The minimum atomic E-state index is -1.31. The van der Waals surface area contributed by atoms with E-state index in [1.165, 1.54) is 13.8 Å². The largest absolute Gasteiger partial charge is 0.493 e. The molecule has 0 aliphatic heterocycles. The Bertz CT molecular complexity index is 1210. The van der Waals surface area contributed by atoms with Crippen LogP contribution in [-0.4, -0.2) is 54.1 Å². The van der Waals surface area contributed by atoms with Crippen LogP contribution in [0, 0.1) is 6.92 Å². The van der Waals surface area contributed by atoms with Gasteiger partial charge >= 0.3 is 13.5 Å². The van der Waals surface area contributed by atoms with Crippen molar-refractivity contribution in [1.82, 2.24) is 4.98 Å². The van der Waals surface area contributed by atoms with Crippen LogP contribution in [-0.2, 0) is 20.6 Å². The number of nitrogens with zero attached hydrogens (tertiary/aromatic N) is 1. The number of aryl methyl sites for hydroxylation is 1. The molecule has 0 aliphatic rings. The molecule has 0 atom stereocenters. The first kappa shape index (κ1) is 29.3. The van der Waals surface area contributed by atoms with Gasteiger partial charge in [-0.1, -0.05) is 29.7 Å². The molecule has 0 spiro atoms. The number of oxazole rings is 1. The molecule has 0 aliphatic carbocycles. The Morgan fingerprint density at radius 3 is 2.13 bits per heavy atom. The normalized spacial score (nSPS) is 12.3. The number of benzene rings is 2. The van der Waals surface area contributed by atoms with E-state index in [2.05, 4.69) is 4.98 Å². The fourth-order valence-corrected chi connectivity index (χ4v) is 3.30. The van der Waals surface area contributed by atoms with Gasteiger partial charge in [0.15, 0.2) is 5.60 Å². The quantitative estimate of drug-likeness (QED) is 0.314. The number of rotatable bonds is 13. The van der Waals surface area contributed by atoms with Crippen molar-refractivity contribution in [3.05, 3.63) is 60.0 Å². The molecule has 3 rings (SSSR count). The molecule has 0 fully saturated rings. The molecular weight excluding hydrogens is 485 g/mol. The van der Waals surface area contributed by atoms with Gasteiger partial charge in [0.25, 0.3) is 0 Å². The summed E-state index contributed by atoms with van der Waals surface area (Å²) in [5, 5.41) is 9.20. The molecule has 1 heterocycles. The minimum absolute atomic E-state index is 0.409. The first-order valence-corrected chi connectivity index (χ1v) is 12.5. The number of carboxylic acids is 1. The van der Waals surface area contributed by atoms with Crippen molar-refractivity contribution in [2.75, 3.05) is 13.7 Å². The molecule has 0 saturated carbocycles. The van der Waals surface area contributed by atoms with Crippen molar-refractivity contribution in [1.29, 1.82) is 0 Å². The average Bonchev–Trinajstić information content (AvgIpc) is 3.24. The Hall–Kier alpha value is -3.30. The van der Waals surface area contributed by atoms with Crippen molar-refractivity contribution in [2.45, 2.75) is 71.7 Å². The van der Waals surface area contributed by atoms with Crippen LogP contribution in [0.15, 0.2) is 52.9 Å². The highest BCUT2D eigenvalue weighted by molar-refractivity contribution is 6.47. The summed E-state index contributed by atoms with van der Waals surface area (Å²) in [6, 6.07) is 14.7. The third-order valence-electron chi connectivity index (χ3n) is 6.82. The summed E-state index contributed by atoms with van der Waals surface area (Å²) in [6.07, 6.45) is 0.573. The molecule has 8 nitrogen and oxygen atoms in total. The van der Waals surface area contributed by atoms with Gasteiger partial charge in [0.1, 0.15) is 17.3 Å². The summed E-state index contributed by atoms with van der Waals surface area (Å²) < 4.78 is 28.8. The lowest BCUT2D eigenvalue weighted by atomic mass is 9.82. The summed E-state index contributed by atoms with van der Waals surface area (Å²) in [7, 11) is 3.41. The molecule has 1 radical (unpaired) electrons. The van der Waals surface area contributed by atoms with E-state index in [1.54, 1.807) is 38.9 Å². The van der Waals surface area contributed by atoms with Gasteiger partial charge in [0.05, 0.1) is 23.5 Å². The van der Waals surface area contributed by atoms with Gasteiger partial charge < -0.3 is 28.4 Å². The van der Waals surface area contributed by atoms with Crippen LogP contribution >= 0.6 is 0 Å². The molecule has 9 heteroatoms. The molecule has 0 bridgehead atoms. The van der Waals surface area contributed by atoms with Gasteiger partial charge in [-0.15, -0.1) is 0 Å². The fraction of sp³-hybridized carbons (Fsp3) is 0.448. The Labute approximate surface area is 225 Å². The smallest absolute Gasteiger partial charge is 0.347 e. The number of aliphatic carboxylic acids is 1. The highest BCUT2D eigenvalue weighted by atomic mass is 16.5. The lowest BCUT2D eigenvalue weighted by Crippen LogP contribution is -2.50. The Morgan fingerprint density at radius 1 is 0.947 bits per heavy atom. The number of aromatic nitrogens is 1. The van der Waals surface area contributed by atoms with Gasteiger partial charge in [-0.25, -0.2) is 9.78 Å². The molecule has 1 N–H and O–H groups in total. The summed E-state index contributed by atoms with van der Waals surface area (Å²) in [6.45, 7) is 13.3. The zero-order valence-electron chi connectivity index (χ0n) is 23.5. The zero-order chi connectivity index (χ0) is 28.1.